The highest BCUT2D eigenvalue weighted by Crippen LogP contribution is 2.17. The monoisotopic (exact) mass is 370 g/mol. The minimum atomic E-state index is -0.333. The summed E-state index contributed by atoms with van der Waals surface area (Å²) < 4.78 is 0. The van der Waals surface area contributed by atoms with E-state index in [0.717, 1.165) is 10.4 Å². The highest BCUT2D eigenvalue weighted by atomic mass is 32.1. The van der Waals surface area contributed by atoms with Crippen LogP contribution in [-0.2, 0) is 0 Å². The summed E-state index contributed by atoms with van der Waals surface area (Å²) >= 11 is 1.58. The molecule has 0 aliphatic carbocycles. The van der Waals surface area contributed by atoms with E-state index in [-0.39, 0.29) is 11.5 Å². The second-order valence-electron chi connectivity index (χ2n) is 5.86. The molecular formula is C22H14N2O2S. The van der Waals surface area contributed by atoms with E-state index in [1.807, 2.05) is 53.9 Å². The number of hydrogen-bond acceptors (Lipinski definition) is 3. The Labute approximate surface area is 159 Å². The van der Waals surface area contributed by atoms with Crippen LogP contribution in [0.3, 0.4) is 0 Å². The maximum Gasteiger partial charge on any atom is 0.256 e. The topological polar surface area (TPSA) is 62.0 Å². The maximum absolute atomic E-state index is 12.7. The highest BCUT2D eigenvalue weighted by molar-refractivity contribution is 7.10. The molecule has 27 heavy (non-hydrogen) atoms. The van der Waals surface area contributed by atoms with Crippen LogP contribution in [0, 0.1) is 11.8 Å². The molecule has 4 aromatic rings. The Bertz CT molecular complexity index is 1240. The Morgan fingerprint density at radius 3 is 2.70 bits per heavy atom. The van der Waals surface area contributed by atoms with Gasteiger partial charge in [0.2, 0.25) is 5.56 Å². The van der Waals surface area contributed by atoms with Gasteiger partial charge in [-0.05, 0) is 35.7 Å². The first-order chi connectivity index (χ1) is 13.2. The van der Waals surface area contributed by atoms with E-state index >= 15 is 0 Å². The van der Waals surface area contributed by atoms with Crippen molar-refractivity contribution in [3.8, 4) is 11.8 Å². The number of aromatic nitrogens is 1. The summed E-state index contributed by atoms with van der Waals surface area (Å²) in [4.78, 5) is 28.3. The van der Waals surface area contributed by atoms with Crippen LogP contribution in [0.5, 0.6) is 0 Å². The number of aromatic amines is 1. The molecule has 2 aromatic heterocycles. The van der Waals surface area contributed by atoms with Gasteiger partial charge >= 0.3 is 0 Å². The molecule has 0 unspecified atom stereocenters. The van der Waals surface area contributed by atoms with E-state index in [1.165, 1.54) is 6.07 Å². The largest absolute Gasteiger partial charge is 0.322 e. The molecule has 130 valence electrons. The number of hydrogen-bond donors (Lipinski definition) is 2. The minimum Gasteiger partial charge on any atom is -0.322 e. The lowest BCUT2D eigenvalue weighted by Crippen LogP contribution is -2.16. The smallest absolute Gasteiger partial charge is 0.256 e. The van der Waals surface area contributed by atoms with Crippen molar-refractivity contribution in [1.29, 1.82) is 0 Å². The lowest BCUT2D eigenvalue weighted by Gasteiger charge is -2.08. The van der Waals surface area contributed by atoms with Gasteiger partial charge in [-0.2, -0.15) is 0 Å². The zero-order chi connectivity index (χ0) is 18.6. The fourth-order valence-electron chi connectivity index (χ4n) is 2.75. The van der Waals surface area contributed by atoms with Crippen molar-refractivity contribution in [3.05, 3.63) is 98.5 Å². The molecule has 2 aromatic carbocycles. The summed E-state index contributed by atoms with van der Waals surface area (Å²) in [5.41, 5.74) is 2.09. The van der Waals surface area contributed by atoms with Crippen molar-refractivity contribution in [3.63, 3.8) is 0 Å². The number of anilines is 1. The molecule has 4 nitrogen and oxygen atoms in total. The number of amides is 1. The standard InChI is InChI=1S/C22H14N2O2S/c25-21-14-19(18-8-1-2-9-20(18)24-21)22(26)23-16-6-3-5-15(13-16)10-11-17-7-4-12-27-17/h1-9,12-14H,(H,23,26)(H,24,25). The molecule has 0 atom stereocenters. The molecule has 0 fully saturated rings. The number of carbonyl (C=O) groups excluding carboxylic acids is 1. The van der Waals surface area contributed by atoms with Gasteiger partial charge in [-0.15, -0.1) is 11.3 Å². The molecule has 2 N–H and O–H groups in total. The van der Waals surface area contributed by atoms with Gasteiger partial charge in [-0.3, -0.25) is 9.59 Å². The molecule has 0 saturated carbocycles. The number of rotatable bonds is 2. The van der Waals surface area contributed by atoms with Crippen molar-refractivity contribution in [2.24, 2.45) is 0 Å². The Morgan fingerprint density at radius 2 is 1.85 bits per heavy atom. The third-order valence-electron chi connectivity index (χ3n) is 3.97. The lowest BCUT2D eigenvalue weighted by molar-refractivity contribution is 0.102. The van der Waals surface area contributed by atoms with E-state index in [4.69, 9.17) is 0 Å². The van der Waals surface area contributed by atoms with Crippen molar-refractivity contribution < 1.29 is 4.79 Å². The first kappa shape index (κ1) is 16.8. The Balaban J connectivity index is 1.62. The second-order valence-corrected chi connectivity index (χ2v) is 6.80. The van der Waals surface area contributed by atoms with Crippen LogP contribution < -0.4 is 10.9 Å². The van der Waals surface area contributed by atoms with Crippen molar-refractivity contribution in [1.82, 2.24) is 4.98 Å². The fraction of sp³-hybridized carbons (Fsp3) is 0. The van der Waals surface area contributed by atoms with Crippen LogP contribution in [0.15, 0.2) is 76.9 Å². The number of para-hydroxylation sites is 1. The highest BCUT2D eigenvalue weighted by Gasteiger charge is 2.12. The van der Waals surface area contributed by atoms with E-state index in [2.05, 4.69) is 22.1 Å². The van der Waals surface area contributed by atoms with Gasteiger partial charge in [0, 0.05) is 28.2 Å². The zero-order valence-electron chi connectivity index (χ0n) is 14.2. The Kier molecular flexibility index (Phi) is 4.56. The van der Waals surface area contributed by atoms with Crippen LogP contribution in [0.2, 0.25) is 0 Å². The van der Waals surface area contributed by atoms with Gasteiger partial charge in [-0.25, -0.2) is 0 Å². The van der Waals surface area contributed by atoms with Crippen molar-refractivity contribution >= 4 is 33.8 Å². The molecular weight excluding hydrogens is 356 g/mol. The van der Waals surface area contributed by atoms with E-state index in [1.54, 1.807) is 23.5 Å². The zero-order valence-corrected chi connectivity index (χ0v) is 15.0. The van der Waals surface area contributed by atoms with E-state index in [9.17, 15) is 9.59 Å². The third-order valence-corrected chi connectivity index (χ3v) is 4.75. The summed E-state index contributed by atoms with van der Waals surface area (Å²) in [6.45, 7) is 0. The Hall–Kier alpha value is -3.62. The molecule has 0 radical (unpaired) electrons. The molecule has 1 amide bonds. The molecule has 0 aliphatic heterocycles. The predicted octanol–water partition coefficient (Wildman–Crippen LogP) is 4.24. The van der Waals surface area contributed by atoms with Crippen LogP contribution in [0.1, 0.15) is 20.8 Å². The number of H-pyrrole nitrogens is 1. The second kappa shape index (κ2) is 7.32. The first-order valence-corrected chi connectivity index (χ1v) is 9.16. The summed E-state index contributed by atoms with van der Waals surface area (Å²) in [5.74, 6) is 5.86. The molecule has 0 aliphatic rings. The minimum absolute atomic E-state index is 0.311. The average Bonchev–Trinajstić information content (AvgIpc) is 3.19. The molecule has 0 bridgehead atoms. The van der Waals surface area contributed by atoms with Gasteiger partial charge < -0.3 is 10.3 Å². The van der Waals surface area contributed by atoms with Gasteiger partial charge in [0.15, 0.2) is 0 Å². The van der Waals surface area contributed by atoms with Gasteiger partial charge in [0.05, 0.1) is 10.4 Å². The fourth-order valence-corrected chi connectivity index (χ4v) is 3.32. The summed E-state index contributed by atoms with van der Waals surface area (Å²) in [5, 5.41) is 5.53. The van der Waals surface area contributed by atoms with Crippen LogP contribution >= 0.6 is 11.3 Å². The van der Waals surface area contributed by atoms with Gasteiger partial charge in [-0.1, -0.05) is 42.2 Å². The molecule has 5 heteroatoms. The predicted molar refractivity (Wildman–Crippen MR) is 109 cm³/mol. The molecule has 0 saturated heterocycles. The lowest BCUT2D eigenvalue weighted by atomic mass is 10.1. The first-order valence-electron chi connectivity index (χ1n) is 8.28. The van der Waals surface area contributed by atoms with Crippen molar-refractivity contribution in [2.75, 3.05) is 5.32 Å². The van der Waals surface area contributed by atoms with Gasteiger partial charge in [0.1, 0.15) is 0 Å². The number of nitrogens with one attached hydrogen (secondary N) is 2. The number of benzene rings is 2. The number of thiophene rings is 1. The summed E-state index contributed by atoms with van der Waals surface area (Å²) in [7, 11) is 0. The van der Waals surface area contributed by atoms with Crippen LogP contribution in [-0.4, -0.2) is 10.9 Å². The van der Waals surface area contributed by atoms with Crippen LogP contribution in [0.25, 0.3) is 10.9 Å². The van der Waals surface area contributed by atoms with Gasteiger partial charge in [0.25, 0.3) is 5.91 Å². The SMILES string of the molecule is O=C(Nc1cccc(C#Cc2cccs2)c1)c1cc(=O)[nH]c2ccccc12. The maximum atomic E-state index is 12.7. The summed E-state index contributed by atoms with van der Waals surface area (Å²) in [6.07, 6.45) is 0. The molecule has 4 rings (SSSR count). The quantitative estimate of drug-likeness (QED) is 0.519. The van der Waals surface area contributed by atoms with Crippen LogP contribution in [0.4, 0.5) is 5.69 Å². The number of pyridine rings is 1. The normalized spacial score (nSPS) is 10.2. The summed E-state index contributed by atoms with van der Waals surface area (Å²) in [6, 6.07) is 19.8. The number of fused-ring (bicyclic) bond motifs is 1. The Morgan fingerprint density at radius 1 is 0.963 bits per heavy atom. The van der Waals surface area contributed by atoms with Crippen molar-refractivity contribution in [2.45, 2.75) is 0 Å². The number of carbonyl (C=O) groups is 1. The molecule has 0 spiro atoms. The average molecular weight is 370 g/mol. The molecule has 2 heterocycles. The van der Waals surface area contributed by atoms with E-state index in [0.29, 0.717) is 22.2 Å². The third kappa shape index (κ3) is 3.81. The van der Waals surface area contributed by atoms with E-state index < -0.39 is 0 Å².